The molecule has 166 valence electrons. The molecule has 0 radical (unpaired) electrons. The molecule has 0 heterocycles. The number of ether oxygens (including phenoxy) is 2. The van der Waals surface area contributed by atoms with Gasteiger partial charge in [0.15, 0.2) is 0 Å². The van der Waals surface area contributed by atoms with E-state index in [2.05, 4.69) is 13.8 Å². The van der Waals surface area contributed by atoms with Gasteiger partial charge in [0.2, 0.25) is 0 Å². The number of hydrogen-bond donors (Lipinski definition) is 0. The van der Waals surface area contributed by atoms with E-state index in [4.69, 9.17) is 9.47 Å². The Kier molecular flexibility index (Phi) is 16.2. The average Bonchev–Trinajstić information content (AvgIpc) is 2.57. The van der Waals surface area contributed by atoms with Gasteiger partial charge < -0.3 is 9.47 Å². The standard InChI is InChI=1S/C24H46O4/c1-19(2)22(17-18-24(26)28-21(5)6)15-13-11-9-7-8-10-12-14-16-23(25)27-20(3)4/h19-22H,7-18H2,1-6H3. The maximum absolute atomic E-state index is 11.7. The molecule has 0 amide bonds. The van der Waals surface area contributed by atoms with Crippen molar-refractivity contribution in [3.8, 4) is 0 Å². The van der Waals surface area contributed by atoms with Gasteiger partial charge in [-0.05, 0) is 52.4 Å². The maximum atomic E-state index is 11.7. The molecule has 0 aliphatic rings. The van der Waals surface area contributed by atoms with Crippen molar-refractivity contribution < 1.29 is 19.1 Å². The van der Waals surface area contributed by atoms with Crippen LogP contribution in [0.2, 0.25) is 0 Å². The van der Waals surface area contributed by atoms with Crippen LogP contribution in [0.5, 0.6) is 0 Å². The van der Waals surface area contributed by atoms with Gasteiger partial charge in [-0.3, -0.25) is 9.59 Å². The summed E-state index contributed by atoms with van der Waals surface area (Å²) < 4.78 is 10.4. The van der Waals surface area contributed by atoms with E-state index in [0.29, 0.717) is 24.7 Å². The molecule has 0 fully saturated rings. The minimum Gasteiger partial charge on any atom is -0.463 e. The highest BCUT2D eigenvalue weighted by atomic mass is 16.5. The molecule has 0 aromatic carbocycles. The topological polar surface area (TPSA) is 52.6 Å². The third-order valence-corrected chi connectivity index (χ3v) is 5.10. The molecule has 0 saturated heterocycles. The summed E-state index contributed by atoms with van der Waals surface area (Å²) in [7, 11) is 0. The molecule has 0 aromatic rings. The number of hydrogen-bond acceptors (Lipinski definition) is 4. The van der Waals surface area contributed by atoms with E-state index in [0.717, 1.165) is 19.3 Å². The van der Waals surface area contributed by atoms with Crippen LogP contribution in [-0.2, 0) is 19.1 Å². The van der Waals surface area contributed by atoms with Crippen LogP contribution in [-0.4, -0.2) is 24.1 Å². The van der Waals surface area contributed by atoms with E-state index in [-0.39, 0.29) is 24.1 Å². The number of carbonyl (C=O) groups is 2. The van der Waals surface area contributed by atoms with Crippen LogP contribution < -0.4 is 0 Å². The second-order valence-electron chi connectivity index (χ2n) is 8.99. The van der Waals surface area contributed by atoms with Gasteiger partial charge in [0.05, 0.1) is 12.2 Å². The number of esters is 2. The highest BCUT2D eigenvalue weighted by molar-refractivity contribution is 5.69. The van der Waals surface area contributed by atoms with Crippen LogP contribution in [0, 0.1) is 11.8 Å². The first-order valence-corrected chi connectivity index (χ1v) is 11.6. The molecule has 0 bridgehead atoms. The van der Waals surface area contributed by atoms with Gasteiger partial charge in [-0.15, -0.1) is 0 Å². The van der Waals surface area contributed by atoms with Crippen molar-refractivity contribution in [2.45, 2.75) is 131 Å². The van der Waals surface area contributed by atoms with Crippen LogP contribution in [0.4, 0.5) is 0 Å². The summed E-state index contributed by atoms with van der Waals surface area (Å²) in [5.74, 6) is 1.12. The van der Waals surface area contributed by atoms with Crippen LogP contribution in [0.25, 0.3) is 0 Å². The van der Waals surface area contributed by atoms with E-state index in [9.17, 15) is 9.59 Å². The minimum absolute atomic E-state index is 0.00310. The van der Waals surface area contributed by atoms with Crippen LogP contribution >= 0.6 is 0 Å². The Balaban J connectivity index is 3.63. The van der Waals surface area contributed by atoms with E-state index in [1.54, 1.807) is 0 Å². The molecule has 0 aromatic heterocycles. The molecular formula is C24H46O4. The molecule has 1 unspecified atom stereocenters. The van der Waals surface area contributed by atoms with Gasteiger partial charge in [0.25, 0.3) is 0 Å². The summed E-state index contributed by atoms with van der Waals surface area (Å²) >= 11 is 0. The lowest BCUT2D eigenvalue weighted by Gasteiger charge is -2.20. The zero-order valence-corrected chi connectivity index (χ0v) is 19.4. The number of unbranched alkanes of at least 4 members (excludes halogenated alkanes) is 7. The van der Waals surface area contributed by atoms with Gasteiger partial charge in [-0.2, -0.15) is 0 Å². The maximum Gasteiger partial charge on any atom is 0.306 e. The van der Waals surface area contributed by atoms with Crippen molar-refractivity contribution in [2.75, 3.05) is 0 Å². The lowest BCUT2D eigenvalue weighted by atomic mass is 9.86. The van der Waals surface area contributed by atoms with E-state index >= 15 is 0 Å². The van der Waals surface area contributed by atoms with Gasteiger partial charge in [-0.1, -0.05) is 65.2 Å². The summed E-state index contributed by atoms with van der Waals surface area (Å²) in [6.45, 7) is 12.1. The Hall–Kier alpha value is -1.06. The van der Waals surface area contributed by atoms with Gasteiger partial charge in [0, 0.05) is 12.8 Å². The Morgan fingerprint density at radius 3 is 1.46 bits per heavy atom. The molecule has 28 heavy (non-hydrogen) atoms. The van der Waals surface area contributed by atoms with Crippen molar-refractivity contribution in [3.63, 3.8) is 0 Å². The molecule has 0 aliphatic carbocycles. The summed E-state index contributed by atoms with van der Waals surface area (Å²) in [4.78, 5) is 23.2. The lowest BCUT2D eigenvalue weighted by Crippen LogP contribution is -2.15. The average molecular weight is 399 g/mol. The van der Waals surface area contributed by atoms with Crippen molar-refractivity contribution in [2.24, 2.45) is 11.8 Å². The zero-order chi connectivity index (χ0) is 21.4. The van der Waals surface area contributed by atoms with E-state index < -0.39 is 0 Å². The molecule has 4 heteroatoms. The fourth-order valence-corrected chi connectivity index (χ4v) is 3.49. The fourth-order valence-electron chi connectivity index (χ4n) is 3.49. The molecule has 1 atom stereocenters. The summed E-state index contributed by atoms with van der Waals surface area (Å²) in [6, 6.07) is 0. The predicted octanol–water partition coefficient (Wildman–Crippen LogP) is 6.84. The lowest BCUT2D eigenvalue weighted by molar-refractivity contribution is -0.148. The SMILES string of the molecule is CC(C)OC(=O)CCCCCCCCCCC(CCC(=O)OC(C)C)C(C)C. The Bertz CT molecular complexity index is 401. The summed E-state index contributed by atoms with van der Waals surface area (Å²) in [5, 5.41) is 0. The molecule has 0 N–H and O–H groups in total. The third kappa shape index (κ3) is 17.1. The highest BCUT2D eigenvalue weighted by Crippen LogP contribution is 2.24. The van der Waals surface area contributed by atoms with Crippen molar-refractivity contribution in [1.29, 1.82) is 0 Å². The molecular weight excluding hydrogens is 352 g/mol. The highest BCUT2D eigenvalue weighted by Gasteiger charge is 2.16. The second-order valence-corrected chi connectivity index (χ2v) is 8.99. The zero-order valence-electron chi connectivity index (χ0n) is 19.4. The molecule has 0 rings (SSSR count). The predicted molar refractivity (Wildman–Crippen MR) is 116 cm³/mol. The molecule has 0 saturated carbocycles. The molecule has 0 spiro atoms. The van der Waals surface area contributed by atoms with Crippen LogP contribution in [0.3, 0.4) is 0 Å². The van der Waals surface area contributed by atoms with E-state index in [1.165, 1.54) is 44.9 Å². The van der Waals surface area contributed by atoms with Gasteiger partial charge >= 0.3 is 11.9 Å². The molecule has 0 aliphatic heterocycles. The Morgan fingerprint density at radius 1 is 0.571 bits per heavy atom. The first kappa shape index (κ1) is 26.9. The third-order valence-electron chi connectivity index (χ3n) is 5.10. The smallest absolute Gasteiger partial charge is 0.306 e. The quantitative estimate of drug-likeness (QED) is 0.199. The minimum atomic E-state index is -0.0628. The van der Waals surface area contributed by atoms with E-state index in [1.807, 2.05) is 27.7 Å². The summed E-state index contributed by atoms with van der Waals surface area (Å²) in [6.07, 6.45) is 12.9. The van der Waals surface area contributed by atoms with Crippen molar-refractivity contribution >= 4 is 11.9 Å². The van der Waals surface area contributed by atoms with Crippen LogP contribution in [0.15, 0.2) is 0 Å². The van der Waals surface area contributed by atoms with Gasteiger partial charge in [0.1, 0.15) is 0 Å². The number of rotatable bonds is 17. The monoisotopic (exact) mass is 398 g/mol. The Labute approximate surface area is 174 Å². The Morgan fingerprint density at radius 2 is 1.00 bits per heavy atom. The largest absolute Gasteiger partial charge is 0.463 e. The molecule has 4 nitrogen and oxygen atoms in total. The van der Waals surface area contributed by atoms with Crippen molar-refractivity contribution in [1.82, 2.24) is 0 Å². The van der Waals surface area contributed by atoms with Crippen molar-refractivity contribution in [3.05, 3.63) is 0 Å². The summed E-state index contributed by atoms with van der Waals surface area (Å²) in [5.41, 5.74) is 0. The van der Waals surface area contributed by atoms with Crippen LogP contribution in [0.1, 0.15) is 119 Å². The second kappa shape index (κ2) is 16.9. The normalized spacial score (nSPS) is 12.6. The fraction of sp³-hybridized carbons (Fsp3) is 0.917. The first-order valence-electron chi connectivity index (χ1n) is 11.6. The van der Waals surface area contributed by atoms with Gasteiger partial charge in [-0.25, -0.2) is 0 Å². The number of carbonyl (C=O) groups excluding carboxylic acids is 2. The first-order chi connectivity index (χ1) is 13.2.